The maximum absolute atomic E-state index is 12.3. The summed E-state index contributed by atoms with van der Waals surface area (Å²) >= 11 is 0. The van der Waals surface area contributed by atoms with Crippen molar-refractivity contribution in [2.24, 2.45) is 5.92 Å². The summed E-state index contributed by atoms with van der Waals surface area (Å²) in [6.07, 6.45) is 0.995. The van der Waals surface area contributed by atoms with Crippen molar-refractivity contribution in [3.63, 3.8) is 0 Å². The number of para-hydroxylation sites is 2. The number of hydrogen-bond donors (Lipinski definition) is 1. The maximum Gasteiger partial charge on any atom is 0.258 e. The molecule has 0 spiro atoms. The van der Waals surface area contributed by atoms with E-state index in [-0.39, 0.29) is 18.6 Å². The Morgan fingerprint density at radius 1 is 1.08 bits per heavy atom. The van der Waals surface area contributed by atoms with E-state index < -0.39 is 0 Å². The molecule has 1 amide bonds. The Balaban J connectivity index is 1.61. The lowest BCUT2D eigenvalue weighted by Gasteiger charge is -2.19. The van der Waals surface area contributed by atoms with Crippen molar-refractivity contribution in [1.29, 1.82) is 0 Å². The largest absolute Gasteiger partial charge is 0.490 e. The summed E-state index contributed by atoms with van der Waals surface area (Å²) in [5.74, 6) is 1.53. The van der Waals surface area contributed by atoms with E-state index >= 15 is 0 Å². The third-order valence-electron chi connectivity index (χ3n) is 4.33. The second-order valence-electron chi connectivity index (χ2n) is 6.09. The van der Waals surface area contributed by atoms with Gasteiger partial charge in [-0.1, -0.05) is 43.3 Å². The number of benzene rings is 2. The first-order chi connectivity index (χ1) is 11.7. The van der Waals surface area contributed by atoms with Crippen molar-refractivity contribution in [2.75, 3.05) is 13.2 Å². The zero-order valence-corrected chi connectivity index (χ0v) is 14.1. The molecule has 0 fully saturated rings. The van der Waals surface area contributed by atoms with Crippen LogP contribution in [0.4, 0.5) is 0 Å². The van der Waals surface area contributed by atoms with Crippen LogP contribution in [0.15, 0.2) is 48.5 Å². The molecule has 2 aromatic rings. The van der Waals surface area contributed by atoms with Gasteiger partial charge in [0.25, 0.3) is 5.91 Å². The lowest BCUT2D eigenvalue weighted by atomic mass is 10.0. The minimum Gasteiger partial charge on any atom is -0.490 e. The summed E-state index contributed by atoms with van der Waals surface area (Å²) in [6.45, 7) is 4.62. The molecule has 2 atom stereocenters. The van der Waals surface area contributed by atoms with Crippen LogP contribution in [0.2, 0.25) is 0 Å². The van der Waals surface area contributed by atoms with Gasteiger partial charge in [-0.2, -0.15) is 0 Å². The molecule has 0 saturated carbocycles. The van der Waals surface area contributed by atoms with E-state index in [0.29, 0.717) is 24.0 Å². The van der Waals surface area contributed by atoms with Crippen molar-refractivity contribution in [2.45, 2.75) is 26.3 Å². The highest BCUT2D eigenvalue weighted by Crippen LogP contribution is 2.35. The normalized spacial score (nSPS) is 18.8. The van der Waals surface area contributed by atoms with E-state index in [2.05, 4.69) is 24.4 Å². The SMILES string of the molecule is CCOc1ccccc1OCC(=O)NC1c2ccccc2CC1C. The fourth-order valence-electron chi connectivity index (χ4n) is 3.22. The molecule has 0 aliphatic heterocycles. The predicted octanol–water partition coefficient (Wildman–Crippen LogP) is 3.51. The maximum atomic E-state index is 12.3. The van der Waals surface area contributed by atoms with E-state index in [9.17, 15) is 4.79 Å². The summed E-state index contributed by atoms with van der Waals surface area (Å²) in [6, 6.07) is 15.7. The van der Waals surface area contributed by atoms with Gasteiger partial charge in [-0.05, 0) is 42.5 Å². The van der Waals surface area contributed by atoms with Gasteiger partial charge >= 0.3 is 0 Å². The van der Waals surface area contributed by atoms with Crippen LogP contribution in [0.5, 0.6) is 11.5 Å². The van der Waals surface area contributed by atoms with Crippen LogP contribution in [0.25, 0.3) is 0 Å². The number of nitrogens with one attached hydrogen (secondary N) is 1. The van der Waals surface area contributed by atoms with Crippen molar-refractivity contribution < 1.29 is 14.3 Å². The second-order valence-corrected chi connectivity index (χ2v) is 6.09. The topological polar surface area (TPSA) is 47.6 Å². The second kappa shape index (κ2) is 7.39. The smallest absolute Gasteiger partial charge is 0.258 e. The molecule has 0 saturated heterocycles. The first-order valence-corrected chi connectivity index (χ1v) is 8.40. The standard InChI is InChI=1S/C20H23NO3/c1-3-23-17-10-6-7-11-18(17)24-13-19(22)21-20-14(2)12-15-8-4-5-9-16(15)20/h4-11,14,20H,3,12-13H2,1-2H3,(H,21,22). The Morgan fingerprint density at radius 2 is 1.75 bits per heavy atom. The van der Waals surface area contributed by atoms with Crippen molar-refractivity contribution >= 4 is 5.91 Å². The summed E-state index contributed by atoms with van der Waals surface area (Å²) in [4.78, 5) is 12.3. The molecule has 4 heteroatoms. The van der Waals surface area contributed by atoms with Crippen LogP contribution in [0.3, 0.4) is 0 Å². The van der Waals surface area contributed by atoms with Crippen molar-refractivity contribution in [3.05, 3.63) is 59.7 Å². The highest BCUT2D eigenvalue weighted by atomic mass is 16.5. The van der Waals surface area contributed by atoms with Gasteiger partial charge < -0.3 is 14.8 Å². The van der Waals surface area contributed by atoms with Gasteiger partial charge in [0.1, 0.15) is 0 Å². The minimum absolute atomic E-state index is 0.0184. The number of hydrogen-bond acceptors (Lipinski definition) is 3. The molecule has 2 unspecified atom stereocenters. The predicted molar refractivity (Wildman–Crippen MR) is 93.3 cm³/mol. The highest BCUT2D eigenvalue weighted by Gasteiger charge is 2.30. The van der Waals surface area contributed by atoms with Gasteiger partial charge in [0.05, 0.1) is 12.6 Å². The van der Waals surface area contributed by atoms with Crippen LogP contribution in [0.1, 0.15) is 31.0 Å². The first kappa shape index (κ1) is 16.4. The average molecular weight is 325 g/mol. The molecule has 3 rings (SSSR count). The van der Waals surface area contributed by atoms with Crippen LogP contribution in [0, 0.1) is 5.92 Å². The number of rotatable bonds is 6. The molecule has 24 heavy (non-hydrogen) atoms. The number of amides is 1. The molecular weight excluding hydrogens is 302 g/mol. The molecule has 2 aromatic carbocycles. The highest BCUT2D eigenvalue weighted by molar-refractivity contribution is 5.78. The van der Waals surface area contributed by atoms with Crippen LogP contribution in [-0.2, 0) is 11.2 Å². The van der Waals surface area contributed by atoms with E-state index in [1.807, 2.05) is 43.3 Å². The Kier molecular flexibility index (Phi) is 5.04. The lowest BCUT2D eigenvalue weighted by Crippen LogP contribution is -2.34. The van der Waals surface area contributed by atoms with Gasteiger partial charge in [-0.3, -0.25) is 4.79 Å². The Hall–Kier alpha value is -2.49. The number of carbonyl (C=O) groups excluding carboxylic acids is 1. The molecule has 126 valence electrons. The monoisotopic (exact) mass is 325 g/mol. The van der Waals surface area contributed by atoms with Gasteiger partial charge in [-0.15, -0.1) is 0 Å². The molecule has 0 heterocycles. The van der Waals surface area contributed by atoms with Gasteiger partial charge in [0.2, 0.25) is 0 Å². The quantitative estimate of drug-likeness (QED) is 0.884. The summed E-state index contributed by atoms with van der Waals surface area (Å²) < 4.78 is 11.2. The third kappa shape index (κ3) is 3.53. The minimum atomic E-state index is -0.116. The molecular formula is C20H23NO3. The molecule has 0 aromatic heterocycles. The van der Waals surface area contributed by atoms with Crippen LogP contribution < -0.4 is 14.8 Å². The summed E-state index contributed by atoms with van der Waals surface area (Å²) in [7, 11) is 0. The summed E-state index contributed by atoms with van der Waals surface area (Å²) in [5, 5.41) is 3.10. The van der Waals surface area contributed by atoms with Crippen molar-refractivity contribution in [1.82, 2.24) is 5.32 Å². The van der Waals surface area contributed by atoms with E-state index in [4.69, 9.17) is 9.47 Å². The zero-order chi connectivity index (χ0) is 16.9. The Morgan fingerprint density at radius 3 is 2.50 bits per heavy atom. The lowest BCUT2D eigenvalue weighted by molar-refractivity contribution is -0.124. The van der Waals surface area contributed by atoms with E-state index in [0.717, 1.165) is 6.42 Å². The summed E-state index contributed by atoms with van der Waals surface area (Å²) in [5.41, 5.74) is 2.53. The van der Waals surface area contributed by atoms with E-state index in [1.54, 1.807) is 0 Å². The Bertz CT molecular complexity index is 714. The van der Waals surface area contributed by atoms with Gasteiger partial charge in [0, 0.05) is 0 Å². The van der Waals surface area contributed by atoms with Gasteiger partial charge in [-0.25, -0.2) is 0 Å². The van der Waals surface area contributed by atoms with E-state index in [1.165, 1.54) is 11.1 Å². The molecule has 4 nitrogen and oxygen atoms in total. The first-order valence-electron chi connectivity index (χ1n) is 8.40. The molecule has 1 aliphatic rings. The number of carbonyl (C=O) groups is 1. The zero-order valence-electron chi connectivity index (χ0n) is 14.1. The fraction of sp³-hybridized carbons (Fsp3) is 0.350. The molecule has 0 radical (unpaired) electrons. The van der Waals surface area contributed by atoms with Crippen molar-refractivity contribution in [3.8, 4) is 11.5 Å². The molecule has 1 N–H and O–H groups in total. The number of fused-ring (bicyclic) bond motifs is 1. The average Bonchev–Trinajstić information content (AvgIpc) is 2.90. The van der Waals surface area contributed by atoms with Crippen LogP contribution >= 0.6 is 0 Å². The fourth-order valence-corrected chi connectivity index (χ4v) is 3.22. The number of ether oxygens (including phenoxy) is 2. The van der Waals surface area contributed by atoms with Crippen LogP contribution in [-0.4, -0.2) is 19.1 Å². The molecule has 1 aliphatic carbocycles. The molecule has 0 bridgehead atoms. The Labute approximate surface area is 142 Å². The third-order valence-corrected chi connectivity index (χ3v) is 4.33. The van der Waals surface area contributed by atoms with Gasteiger partial charge in [0.15, 0.2) is 18.1 Å².